The molecule has 0 fully saturated rings. The average Bonchev–Trinajstić information content (AvgIpc) is 3.90. The van der Waals surface area contributed by atoms with E-state index in [0.29, 0.717) is 11.8 Å². The van der Waals surface area contributed by atoms with Gasteiger partial charge in [0.1, 0.15) is 0 Å². The summed E-state index contributed by atoms with van der Waals surface area (Å²) in [5, 5.41) is 1.52. The monoisotopic (exact) mass is 920 g/mol. The fourth-order valence-electron chi connectivity index (χ4n) is 6.86. The van der Waals surface area contributed by atoms with Crippen molar-refractivity contribution in [2.24, 2.45) is 5.92 Å². The molecule has 0 N–H and O–H groups in total. The zero-order chi connectivity index (χ0) is 40.6. The first-order valence-corrected chi connectivity index (χ1v) is 21.5. The third kappa shape index (κ3) is 14.9. The number of allylic oxidation sites excluding steroid dienone is 4. The zero-order valence-electron chi connectivity index (χ0n) is 34.2. The molecule has 6 aromatic carbocycles. The van der Waals surface area contributed by atoms with E-state index >= 15 is 0 Å². The van der Waals surface area contributed by atoms with Crippen molar-refractivity contribution in [3.8, 4) is 22.3 Å². The molecule has 2 aliphatic carbocycles. The van der Waals surface area contributed by atoms with E-state index in [2.05, 4.69) is 144 Å². The van der Waals surface area contributed by atoms with Crippen LogP contribution >= 0.6 is 48.0 Å². The summed E-state index contributed by atoms with van der Waals surface area (Å²) in [5.74, 6) is 1.10. The number of hydrogen-bond donors (Lipinski definition) is 0. The summed E-state index contributed by atoms with van der Waals surface area (Å²) in [4.78, 5) is 0. The standard InChI is InChI=1S/C33H33.2C7H6Cl.C5H5.CH2.2ClH.Zr/c1-21(2)31(28-12-8-6-10-22(28)3)18-25-14-15-30-26(17-25)19-27-20-32(24(5)16-33(27)30)29-13-9-7-11-23(29)4;2*1-6-2-4-7(8)5-3-6;1-2-4-5-3-1;;;;/h6-16,20-21,31H,18-19H2,1-5H3;2*2-5H,1H2;1-3H,4H2;1H2;2*1H;/q4*-1;;;;. The summed E-state index contributed by atoms with van der Waals surface area (Å²) in [6.45, 7) is 18.8. The normalized spacial score (nSPS) is 11.6. The van der Waals surface area contributed by atoms with E-state index in [-0.39, 0.29) is 24.8 Å². The topological polar surface area (TPSA) is 0 Å². The molecule has 0 aromatic heterocycles. The second kappa shape index (κ2) is 25.8. The Morgan fingerprint density at radius 3 is 1.71 bits per heavy atom. The molecule has 0 saturated heterocycles. The fourth-order valence-corrected chi connectivity index (χ4v) is 7.11. The van der Waals surface area contributed by atoms with Crippen molar-refractivity contribution < 1.29 is 24.2 Å². The summed E-state index contributed by atoms with van der Waals surface area (Å²) in [5.41, 5.74) is 17.1. The van der Waals surface area contributed by atoms with Crippen molar-refractivity contribution >= 4 is 52.2 Å². The van der Waals surface area contributed by atoms with Crippen LogP contribution in [0.3, 0.4) is 0 Å². The minimum atomic E-state index is 0. The predicted molar refractivity (Wildman–Crippen MR) is 256 cm³/mol. The van der Waals surface area contributed by atoms with Crippen LogP contribution in [-0.4, -0.2) is 4.21 Å². The third-order valence-corrected chi connectivity index (χ3v) is 10.4. The molecular weight excluding hydrogens is 870 g/mol. The van der Waals surface area contributed by atoms with E-state index in [0.717, 1.165) is 40.4 Å². The molecule has 0 amide bonds. The van der Waals surface area contributed by atoms with Crippen LogP contribution in [0.1, 0.15) is 76.3 Å². The van der Waals surface area contributed by atoms with Crippen LogP contribution in [0.15, 0.2) is 140 Å². The van der Waals surface area contributed by atoms with Crippen LogP contribution in [-0.2, 0) is 37.1 Å². The number of fused-ring (bicyclic) bond motifs is 3. The molecule has 1 unspecified atom stereocenters. The van der Waals surface area contributed by atoms with Gasteiger partial charge in [0.25, 0.3) is 0 Å². The average molecular weight is 924 g/mol. The van der Waals surface area contributed by atoms with Gasteiger partial charge in [-0.05, 0) is 84.4 Å². The first kappa shape index (κ1) is 50.6. The third-order valence-electron chi connectivity index (χ3n) is 9.88. The second-order valence-electron chi connectivity index (χ2n) is 14.4. The Balaban J connectivity index is 0.000000376. The van der Waals surface area contributed by atoms with E-state index in [1.54, 1.807) is 0 Å². The van der Waals surface area contributed by atoms with Crippen molar-refractivity contribution in [1.82, 2.24) is 0 Å². The van der Waals surface area contributed by atoms with E-state index < -0.39 is 0 Å². The SMILES string of the molecule is Cc1ccccc1-c1cc2c(cc1C)-c1ccc(CC(c3ccccc3C)C(C)C)[c-]c1C2.Cl.Cl.[C-]1=CC=CC1.[CH2-]c1ccc(Cl)cc1.[CH2-]c1ccc(Cl)cc1.[CH2]=[Zr]. The Bertz CT molecular complexity index is 2120. The molecule has 5 heteroatoms. The van der Waals surface area contributed by atoms with Crippen LogP contribution in [0.2, 0.25) is 10.0 Å². The molecule has 0 bridgehead atoms. The van der Waals surface area contributed by atoms with Crippen molar-refractivity contribution in [1.29, 1.82) is 0 Å². The summed E-state index contributed by atoms with van der Waals surface area (Å²) in [6.07, 6.45) is 12.0. The molecule has 302 valence electrons. The van der Waals surface area contributed by atoms with E-state index in [1.807, 2.05) is 60.7 Å². The Kier molecular flexibility index (Phi) is 22.5. The van der Waals surface area contributed by atoms with Crippen molar-refractivity contribution in [2.75, 3.05) is 0 Å². The van der Waals surface area contributed by atoms with Gasteiger partial charge in [-0.1, -0.05) is 128 Å². The Hall–Kier alpha value is -3.55. The van der Waals surface area contributed by atoms with Crippen LogP contribution < -0.4 is 0 Å². The van der Waals surface area contributed by atoms with E-state index in [1.165, 1.54) is 85.4 Å². The summed E-state index contributed by atoms with van der Waals surface area (Å²) < 4.78 is 3.34. The van der Waals surface area contributed by atoms with E-state index in [9.17, 15) is 0 Å². The molecule has 0 aliphatic heterocycles. The first-order valence-electron chi connectivity index (χ1n) is 19.0. The van der Waals surface area contributed by atoms with Crippen LogP contribution in [0.5, 0.6) is 0 Å². The van der Waals surface area contributed by atoms with Gasteiger partial charge in [-0.3, -0.25) is 6.08 Å². The molecule has 0 nitrogen and oxygen atoms in total. The fraction of sp³-hybridized carbons (Fsp3) is 0.189. The maximum atomic E-state index is 5.58. The van der Waals surface area contributed by atoms with Gasteiger partial charge in [0, 0.05) is 10.0 Å². The minimum absolute atomic E-state index is 0. The summed E-state index contributed by atoms with van der Waals surface area (Å²) >= 11 is 12.5. The molecule has 0 heterocycles. The first-order chi connectivity index (χ1) is 27.0. The molecule has 0 spiro atoms. The Labute approximate surface area is 387 Å². The van der Waals surface area contributed by atoms with Crippen LogP contribution in [0.4, 0.5) is 0 Å². The molecule has 0 saturated carbocycles. The van der Waals surface area contributed by atoms with Gasteiger partial charge >= 0.3 is 28.4 Å². The Morgan fingerprint density at radius 1 is 0.655 bits per heavy atom. The van der Waals surface area contributed by atoms with Crippen LogP contribution in [0.25, 0.3) is 22.3 Å². The molecule has 0 radical (unpaired) electrons. The number of hydrogen-bond acceptors (Lipinski definition) is 0. The van der Waals surface area contributed by atoms with Crippen molar-refractivity contribution in [3.05, 3.63) is 226 Å². The van der Waals surface area contributed by atoms with Gasteiger partial charge in [-0.25, -0.2) is 12.2 Å². The molecular formula is C53H54Cl4Zr-4. The maximum absolute atomic E-state index is 5.58. The van der Waals surface area contributed by atoms with Gasteiger partial charge in [-0.15, -0.1) is 42.4 Å². The van der Waals surface area contributed by atoms with Crippen LogP contribution in [0, 0.1) is 52.7 Å². The number of rotatable bonds is 5. The van der Waals surface area contributed by atoms with Crippen molar-refractivity contribution in [2.45, 2.75) is 59.8 Å². The van der Waals surface area contributed by atoms with Crippen molar-refractivity contribution in [3.63, 3.8) is 0 Å². The number of halogens is 4. The van der Waals surface area contributed by atoms with Gasteiger partial charge in [0.05, 0.1) is 0 Å². The van der Waals surface area contributed by atoms with Gasteiger partial charge in [-0.2, -0.15) is 79.1 Å². The van der Waals surface area contributed by atoms with Gasteiger partial charge in [0.15, 0.2) is 0 Å². The summed E-state index contributed by atoms with van der Waals surface area (Å²) in [6, 6.07) is 45.7. The second-order valence-corrected chi connectivity index (χ2v) is 15.2. The number of aryl methyl sites for hydroxylation is 3. The molecule has 8 rings (SSSR count). The molecule has 6 aromatic rings. The number of benzene rings is 6. The van der Waals surface area contributed by atoms with E-state index in [4.69, 9.17) is 23.2 Å². The molecule has 1 atom stereocenters. The quantitative estimate of drug-likeness (QED) is 0.151. The predicted octanol–water partition coefficient (Wildman–Crippen LogP) is 15.8. The van der Waals surface area contributed by atoms with Gasteiger partial charge in [0.2, 0.25) is 0 Å². The zero-order valence-corrected chi connectivity index (χ0v) is 39.9. The Morgan fingerprint density at radius 2 is 1.22 bits per heavy atom. The van der Waals surface area contributed by atoms with Gasteiger partial charge < -0.3 is 0 Å². The summed E-state index contributed by atoms with van der Waals surface area (Å²) in [7, 11) is 0. The molecule has 2 aliphatic rings. The molecule has 58 heavy (non-hydrogen) atoms.